The summed E-state index contributed by atoms with van der Waals surface area (Å²) in [6.07, 6.45) is 2.86. The highest BCUT2D eigenvalue weighted by molar-refractivity contribution is 9.10. The lowest BCUT2D eigenvalue weighted by atomic mass is 9.76. The lowest BCUT2D eigenvalue weighted by Gasteiger charge is -2.34. The molecule has 0 aromatic heterocycles. The van der Waals surface area contributed by atoms with Crippen LogP contribution in [-0.4, -0.2) is 32.8 Å². The fourth-order valence-corrected chi connectivity index (χ4v) is 3.15. The van der Waals surface area contributed by atoms with Crippen molar-refractivity contribution in [1.29, 1.82) is 0 Å². The Bertz CT molecular complexity index is 518. The Balaban J connectivity index is 1.86. The van der Waals surface area contributed by atoms with Crippen LogP contribution in [0, 0.1) is 11.2 Å². The minimum Gasteiger partial charge on any atom is -0.469 e. The van der Waals surface area contributed by atoms with E-state index in [-0.39, 0.29) is 11.8 Å². The van der Waals surface area contributed by atoms with Gasteiger partial charge in [0.15, 0.2) is 0 Å². The predicted octanol–water partition coefficient (Wildman–Crippen LogP) is 3.75. The van der Waals surface area contributed by atoms with E-state index < -0.39 is 5.41 Å². The summed E-state index contributed by atoms with van der Waals surface area (Å²) in [7, 11) is 1.43. The summed E-state index contributed by atoms with van der Waals surface area (Å²) in [4.78, 5) is 12.1. The molecular formula is C16H21BrFNO3. The van der Waals surface area contributed by atoms with E-state index >= 15 is 0 Å². The zero-order valence-electron chi connectivity index (χ0n) is 12.7. The summed E-state index contributed by atoms with van der Waals surface area (Å²) in [5, 5.41) is 3.07. The number of esters is 1. The number of carbonyl (C=O) groups excluding carboxylic acids is 1. The number of halogens is 2. The van der Waals surface area contributed by atoms with Crippen LogP contribution < -0.4 is 5.32 Å². The van der Waals surface area contributed by atoms with E-state index in [2.05, 4.69) is 21.2 Å². The van der Waals surface area contributed by atoms with Gasteiger partial charge in [-0.05, 0) is 43.9 Å². The number of methoxy groups -OCH3 is 1. The molecule has 4 nitrogen and oxygen atoms in total. The zero-order chi connectivity index (χ0) is 16.0. The van der Waals surface area contributed by atoms with Crippen LogP contribution in [0.3, 0.4) is 0 Å². The molecule has 1 aromatic rings. The smallest absolute Gasteiger partial charge is 0.311 e. The highest BCUT2D eigenvalue weighted by Gasteiger charge is 2.40. The number of benzene rings is 1. The van der Waals surface area contributed by atoms with Crippen LogP contribution in [0.4, 0.5) is 10.1 Å². The maximum atomic E-state index is 13.7. The van der Waals surface area contributed by atoms with Crippen molar-refractivity contribution in [2.75, 3.05) is 32.2 Å². The van der Waals surface area contributed by atoms with E-state index in [0.717, 1.165) is 6.42 Å². The third-order valence-electron chi connectivity index (χ3n) is 4.15. The van der Waals surface area contributed by atoms with Crippen LogP contribution >= 0.6 is 15.9 Å². The normalized spacial score (nSPS) is 17.0. The van der Waals surface area contributed by atoms with Crippen LogP contribution in [0.25, 0.3) is 0 Å². The summed E-state index contributed by atoms with van der Waals surface area (Å²) in [6.45, 7) is 1.78. The number of rotatable bonds is 6. The van der Waals surface area contributed by atoms with Gasteiger partial charge in [0, 0.05) is 24.2 Å². The number of anilines is 1. The SMILES string of the molecule is COC(=O)C1(CCCNc2ccc(Br)cc2F)CCOCC1. The molecule has 1 N–H and O–H groups in total. The highest BCUT2D eigenvalue weighted by atomic mass is 79.9. The van der Waals surface area contributed by atoms with Crippen LogP contribution in [-0.2, 0) is 14.3 Å². The number of carbonyl (C=O) groups is 1. The van der Waals surface area contributed by atoms with Gasteiger partial charge in [-0.3, -0.25) is 4.79 Å². The molecule has 1 heterocycles. The molecular weight excluding hydrogens is 353 g/mol. The van der Waals surface area contributed by atoms with Gasteiger partial charge in [0.25, 0.3) is 0 Å². The Labute approximate surface area is 138 Å². The Morgan fingerprint density at radius 2 is 2.18 bits per heavy atom. The van der Waals surface area contributed by atoms with Crippen LogP contribution in [0.1, 0.15) is 25.7 Å². The molecule has 122 valence electrons. The molecule has 0 spiro atoms. The van der Waals surface area contributed by atoms with Gasteiger partial charge in [-0.15, -0.1) is 0 Å². The molecule has 0 radical (unpaired) electrons. The second-order valence-electron chi connectivity index (χ2n) is 5.54. The van der Waals surface area contributed by atoms with Gasteiger partial charge in [-0.2, -0.15) is 0 Å². The lowest BCUT2D eigenvalue weighted by Crippen LogP contribution is -2.38. The molecule has 2 rings (SSSR count). The standard InChI is InChI=1S/C16H21BrFNO3/c1-21-15(20)16(6-9-22-10-7-16)5-2-8-19-14-4-3-12(17)11-13(14)18/h3-4,11,19H,2,5-10H2,1H3. The van der Waals surface area contributed by atoms with E-state index in [1.54, 1.807) is 12.1 Å². The average Bonchev–Trinajstić information content (AvgIpc) is 2.53. The molecule has 1 aromatic carbocycles. The molecule has 0 amide bonds. The van der Waals surface area contributed by atoms with Gasteiger partial charge >= 0.3 is 5.97 Å². The van der Waals surface area contributed by atoms with Crippen molar-refractivity contribution in [1.82, 2.24) is 0 Å². The van der Waals surface area contributed by atoms with Crippen molar-refractivity contribution in [2.45, 2.75) is 25.7 Å². The fourth-order valence-electron chi connectivity index (χ4n) is 2.82. The summed E-state index contributed by atoms with van der Waals surface area (Å²) in [5.41, 5.74) is 0.0229. The second kappa shape index (κ2) is 7.92. The molecule has 0 bridgehead atoms. The first-order chi connectivity index (χ1) is 10.6. The van der Waals surface area contributed by atoms with Crippen molar-refractivity contribution in [3.63, 3.8) is 0 Å². The molecule has 6 heteroatoms. The van der Waals surface area contributed by atoms with Crippen LogP contribution in [0.2, 0.25) is 0 Å². The first-order valence-corrected chi connectivity index (χ1v) is 8.22. The monoisotopic (exact) mass is 373 g/mol. The van der Waals surface area contributed by atoms with Crippen molar-refractivity contribution in [3.8, 4) is 0 Å². The van der Waals surface area contributed by atoms with Crippen molar-refractivity contribution >= 4 is 27.6 Å². The minimum atomic E-state index is -0.451. The summed E-state index contributed by atoms with van der Waals surface area (Å²) in [6, 6.07) is 4.92. The molecule has 1 saturated heterocycles. The lowest BCUT2D eigenvalue weighted by molar-refractivity contribution is -0.159. The van der Waals surface area contributed by atoms with Crippen LogP contribution in [0.15, 0.2) is 22.7 Å². The third kappa shape index (κ3) is 4.20. The Kier molecular flexibility index (Phi) is 6.20. The summed E-state index contributed by atoms with van der Waals surface area (Å²) >= 11 is 3.23. The molecule has 1 aliphatic heterocycles. The first-order valence-electron chi connectivity index (χ1n) is 7.42. The second-order valence-corrected chi connectivity index (χ2v) is 6.45. The topological polar surface area (TPSA) is 47.6 Å². The maximum absolute atomic E-state index is 13.7. The van der Waals surface area contributed by atoms with Crippen molar-refractivity contribution < 1.29 is 18.7 Å². The Morgan fingerprint density at radius 1 is 1.45 bits per heavy atom. The number of hydrogen-bond acceptors (Lipinski definition) is 4. The van der Waals surface area contributed by atoms with E-state index in [0.29, 0.717) is 49.2 Å². The largest absolute Gasteiger partial charge is 0.469 e. The van der Waals surface area contributed by atoms with E-state index in [4.69, 9.17) is 9.47 Å². The number of ether oxygens (including phenoxy) is 2. The van der Waals surface area contributed by atoms with Crippen molar-refractivity contribution in [2.24, 2.45) is 5.41 Å². The van der Waals surface area contributed by atoms with Gasteiger partial charge in [0.1, 0.15) is 5.82 Å². The highest BCUT2D eigenvalue weighted by Crippen LogP contribution is 2.36. The molecule has 1 aliphatic rings. The zero-order valence-corrected chi connectivity index (χ0v) is 14.2. The molecule has 0 saturated carbocycles. The minimum absolute atomic E-state index is 0.161. The van der Waals surface area contributed by atoms with E-state index in [1.807, 2.05) is 0 Å². The van der Waals surface area contributed by atoms with E-state index in [1.165, 1.54) is 13.2 Å². The van der Waals surface area contributed by atoms with Crippen LogP contribution in [0.5, 0.6) is 0 Å². The van der Waals surface area contributed by atoms with Gasteiger partial charge in [-0.1, -0.05) is 15.9 Å². The third-order valence-corrected chi connectivity index (χ3v) is 4.64. The maximum Gasteiger partial charge on any atom is 0.311 e. The molecule has 22 heavy (non-hydrogen) atoms. The van der Waals surface area contributed by atoms with Gasteiger partial charge in [0.2, 0.25) is 0 Å². The average molecular weight is 374 g/mol. The molecule has 1 fully saturated rings. The Morgan fingerprint density at radius 3 is 2.82 bits per heavy atom. The summed E-state index contributed by atoms with van der Waals surface area (Å²) < 4.78 is 24.7. The van der Waals surface area contributed by atoms with Gasteiger partial charge in [0.05, 0.1) is 18.2 Å². The molecule has 0 aliphatic carbocycles. The first kappa shape index (κ1) is 17.2. The van der Waals surface area contributed by atoms with E-state index in [9.17, 15) is 9.18 Å². The Hall–Kier alpha value is -1.14. The van der Waals surface area contributed by atoms with Crippen molar-refractivity contribution in [3.05, 3.63) is 28.5 Å². The molecule has 0 unspecified atom stereocenters. The fraction of sp³-hybridized carbons (Fsp3) is 0.562. The van der Waals surface area contributed by atoms with Gasteiger partial charge in [-0.25, -0.2) is 4.39 Å². The number of hydrogen-bond donors (Lipinski definition) is 1. The number of nitrogens with one attached hydrogen (secondary N) is 1. The molecule has 0 atom stereocenters. The van der Waals surface area contributed by atoms with Gasteiger partial charge < -0.3 is 14.8 Å². The quantitative estimate of drug-likeness (QED) is 0.609. The predicted molar refractivity (Wildman–Crippen MR) is 86.3 cm³/mol. The summed E-state index contributed by atoms with van der Waals surface area (Å²) in [5.74, 6) is -0.450.